The number of piperidine rings is 1. The summed E-state index contributed by atoms with van der Waals surface area (Å²) in [5.74, 6) is 2.39. The predicted molar refractivity (Wildman–Crippen MR) is 90.7 cm³/mol. The van der Waals surface area contributed by atoms with Gasteiger partial charge in [-0.15, -0.1) is 0 Å². The number of hydrogen-bond donors (Lipinski definition) is 1. The van der Waals surface area contributed by atoms with Crippen LogP contribution in [0.3, 0.4) is 0 Å². The molecule has 1 amide bonds. The van der Waals surface area contributed by atoms with Crippen LogP contribution in [-0.2, 0) is 4.79 Å². The molecule has 2 N–H and O–H groups in total. The van der Waals surface area contributed by atoms with Crippen molar-refractivity contribution in [3.8, 4) is 11.5 Å². The minimum atomic E-state index is 0.227. The van der Waals surface area contributed by atoms with Crippen LogP contribution in [0.15, 0.2) is 24.3 Å². The lowest BCUT2D eigenvalue weighted by atomic mass is 9.91. The fraction of sp³-hybridized carbons (Fsp3) is 0.611. The standard InChI is InChI=1S/C18H28N2O3/c1-14(19)15-9-11-20(12-10-15)18(21)4-3-13-23-17-7-5-16(22-2)6-8-17/h5-8,14-15H,3-4,9-13,19H2,1-2H3. The molecule has 128 valence electrons. The number of amides is 1. The van der Waals surface area contributed by atoms with Crippen molar-refractivity contribution in [3.05, 3.63) is 24.3 Å². The molecule has 23 heavy (non-hydrogen) atoms. The Morgan fingerprint density at radius 1 is 1.26 bits per heavy atom. The number of likely N-dealkylation sites (tertiary alicyclic amines) is 1. The molecule has 1 aliphatic rings. The number of nitrogens with zero attached hydrogens (tertiary/aromatic N) is 1. The maximum absolute atomic E-state index is 12.2. The van der Waals surface area contributed by atoms with Crippen molar-refractivity contribution < 1.29 is 14.3 Å². The van der Waals surface area contributed by atoms with E-state index < -0.39 is 0 Å². The third kappa shape index (κ3) is 5.43. The van der Waals surface area contributed by atoms with E-state index >= 15 is 0 Å². The lowest BCUT2D eigenvalue weighted by molar-refractivity contribution is -0.132. The average molecular weight is 320 g/mol. The van der Waals surface area contributed by atoms with Crippen molar-refractivity contribution in [2.24, 2.45) is 11.7 Å². The van der Waals surface area contributed by atoms with Crippen LogP contribution in [0.1, 0.15) is 32.6 Å². The Labute approximate surface area is 138 Å². The summed E-state index contributed by atoms with van der Waals surface area (Å²) >= 11 is 0. The minimum Gasteiger partial charge on any atom is -0.497 e. The molecule has 0 radical (unpaired) electrons. The summed E-state index contributed by atoms with van der Waals surface area (Å²) in [6.07, 6.45) is 3.31. The molecule has 0 aliphatic carbocycles. The van der Waals surface area contributed by atoms with E-state index in [1.807, 2.05) is 29.2 Å². The van der Waals surface area contributed by atoms with E-state index in [2.05, 4.69) is 6.92 Å². The highest BCUT2D eigenvalue weighted by molar-refractivity contribution is 5.76. The maximum atomic E-state index is 12.2. The zero-order chi connectivity index (χ0) is 16.7. The molecule has 1 heterocycles. The topological polar surface area (TPSA) is 64.8 Å². The van der Waals surface area contributed by atoms with Gasteiger partial charge in [0, 0.05) is 25.6 Å². The second-order valence-corrected chi connectivity index (χ2v) is 6.20. The fourth-order valence-corrected chi connectivity index (χ4v) is 2.92. The molecule has 5 heteroatoms. The summed E-state index contributed by atoms with van der Waals surface area (Å²) in [4.78, 5) is 14.2. The van der Waals surface area contributed by atoms with Crippen LogP contribution < -0.4 is 15.2 Å². The molecule has 0 aromatic heterocycles. The van der Waals surface area contributed by atoms with Gasteiger partial charge in [-0.1, -0.05) is 0 Å². The quantitative estimate of drug-likeness (QED) is 0.784. The van der Waals surface area contributed by atoms with Gasteiger partial charge < -0.3 is 20.1 Å². The van der Waals surface area contributed by atoms with Gasteiger partial charge in [-0.25, -0.2) is 0 Å². The highest BCUT2D eigenvalue weighted by Crippen LogP contribution is 2.20. The van der Waals surface area contributed by atoms with Crippen LogP contribution in [-0.4, -0.2) is 43.7 Å². The van der Waals surface area contributed by atoms with E-state index in [9.17, 15) is 4.79 Å². The summed E-state index contributed by atoms with van der Waals surface area (Å²) in [5.41, 5.74) is 5.93. The van der Waals surface area contributed by atoms with Crippen molar-refractivity contribution in [1.29, 1.82) is 0 Å². The van der Waals surface area contributed by atoms with Gasteiger partial charge in [0.05, 0.1) is 13.7 Å². The van der Waals surface area contributed by atoms with E-state index in [0.717, 1.165) is 43.9 Å². The Hall–Kier alpha value is -1.75. The first kappa shape index (κ1) is 17.6. The lowest BCUT2D eigenvalue weighted by Crippen LogP contribution is -2.42. The fourth-order valence-electron chi connectivity index (χ4n) is 2.92. The lowest BCUT2D eigenvalue weighted by Gasteiger charge is -2.33. The molecule has 1 saturated heterocycles. The summed E-state index contributed by atoms with van der Waals surface area (Å²) in [6.45, 7) is 4.28. The average Bonchev–Trinajstić information content (AvgIpc) is 2.59. The number of rotatable bonds is 7. The first-order valence-electron chi connectivity index (χ1n) is 8.40. The third-order valence-electron chi connectivity index (χ3n) is 4.50. The predicted octanol–water partition coefficient (Wildman–Crippen LogP) is 2.44. The molecular weight excluding hydrogens is 292 g/mol. The van der Waals surface area contributed by atoms with Crippen LogP contribution in [0.2, 0.25) is 0 Å². The van der Waals surface area contributed by atoms with Crippen LogP contribution in [0.5, 0.6) is 11.5 Å². The zero-order valence-corrected chi connectivity index (χ0v) is 14.2. The number of benzene rings is 1. The number of nitrogens with two attached hydrogens (primary N) is 1. The van der Waals surface area contributed by atoms with Crippen molar-refractivity contribution >= 4 is 5.91 Å². The molecular formula is C18H28N2O3. The van der Waals surface area contributed by atoms with E-state index in [1.54, 1.807) is 7.11 Å². The molecule has 2 rings (SSSR count). The van der Waals surface area contributed by atoms with Crippen molar-refractivity contribution in [2.75, 3.05) is 26.8 Å². The van der Waals surface area contributed by atoms with Crippen LogP contribution in [0.25, 0.3) is 0 Å². The normalized spacial score (nSPS) is 16.9. The first-order valence-corrected chi connectivity index (χ1v) is 8.40. The van der Waals surface area contributed by atoms with Gasteiger partial charge in [-0.3, -0.25) is 4.79 Å². The molecule has 0 bridgehead atoms. The number of carbonyl (C=O) groups excluding carboxylic acids is 1. The molecule has 0 spiro atoms. The van der Waals surface area contributed by atoms with Gasteiger partial charge in [-0.05, 0) is 56.4 Å². The van der Waals surface area contributed by atoms with Gasteiger partial charge in [0.25, 0.3) is 0 Å². The molecule has 1 aromatic rings. The summed E-state index contributed by atoms with van der Waals surface area (Å²) in [6, 6.07) is 7.70. The summed E-state index contributed by atoms with van der Waals surface area (Å²) in [5, 5.41) is 0. The molecule has 5 nitrogen and oxygen atoms in total. The smallest absolute Gasteiger partial charge is 0.222 e. The Kier molecular flexibility index (Phi) is 6.71. The van der Waals surface area contributed by atoms with Crippen molar-refractivity contribution in [1.82, 2.24) is 4.90 Å². The third-order valence-corrected chi connectivity index (χ3v) is 4.50. The van der Waals surface area contributed by atoms with Crippen LogP contribution in [0, 0.1) is 5.92 Å². The molecule has 1 aromatic carbocycles. The van der Waals surface area contributed by atoms with Crippen molar-refractivity contribution in [2.45, 2.75) is 38.6 Å². The Balaban J connectivity index is 1.63. The number of methoxy groups -OCH3 is 1. The van der Waals surface area contributed by atoms with Gasteiger partial charge >= 0.3 is 0 Å². The molecule has 1 atom stereocenters. The zero-order valence-electron chi connectivity index (χ0n) is 14.2. The van der Waals surface area contributed by atoms with Crippen molar-refractivity contribution in [3.63, 3.8) is 0 Å². The highest BCUT2D eigenvalue weighted by Gasteiger charge is 2.24. The summed E-state index contributed by atoms with van der Waals surface area (Å²) in [7, 11) is 1.64. The molecule has 1 aliphatic heterocycles. The number of ether oxygens (including phenoxy) is 2. The first-order chi connectivity index (χ1) is 11.1. The van der Waals surface area contributed by atoms with E-state index in [-0.39, 0.29) is 11.9 Å². The van der Waals surface area contributed by atoms with E-state index in [1.165, 1.54) is 0 Å². The van der Waals surface area contributed by atoms with Gasteiger partial charge in [-0.2, -0.15) is 0 Å². The highest BCUT2D eigenvalue weighted by atomic mass is 16.5. The van der Waals surface area contributed by atoms with Gasteiger partial charge in [0.15, 0.2) is 0 Å². The number of hydrogen-bond acceptors (Lipinski definition) is 4. The second-order valence-electron chi connectivity index (χ2n) is 6.20. The Morgan fingerprint density at radius 3 is 2.43 bits per heavy atom. The Bertz CT molecular complexity index is 480. The van der Waals surface area contributed by atoms with E-state index in [4.69, 9.17) is 15.2 Å². The van der Waals surface area contributed by atoms with Gasteiger partial charge in [0.2, 0.25) is 5.91 Å². The SMILES string of the molecule is COc1ccc(OCCCC(=O)N2CCC(C(C)N)CC2)cc1. The second kappa shape index (κ2) is 8.77. The van der Waals surface area contributed by atoms with Crippen LogP contribution in [0.4, 0.5) is 0 Å². The summed E-state index contributed by atoms with van der Waals surface area (Å²) < 4.78 is 10.8. The largest absolute Gasteiger partial charge is 0.497 e. The van der Waals surface area contributed by atoms with E-state index in [0.29, 0.717) is 18.9 Å². The van der Waals surface area contributed by atoms with Gasteiger partial charge in [0.1, 0.15) is 11.5 Å². The Morgan fingerprint density at radius 2 is 1.87 bits per heavy atom. The maximum Gasteiger partial charge on any atom is 0.222 e. The molecule has 0 saturated carbocycles. The molecule has 1 unspecified atom stereocenters. The monoisotopic (exact) mass is 320 g/mol. The number of carbonyl (C=O) groups is 1. The molecule has 1 fully saturated rings. The minimum absolute atomic E-state index is 0.227. The van der Waals surface area contributed by atoms with Crippen LogP contribution >= 0.6 is 0 Å².